The van der Waals surface area contributed by atoms with Crippen molar-refractivity contribution in [1.29, 1.82) is 0 Å². The first-order valence-corrected chi connectivity index (χ1v) is 10.1. The maximum atomic E-state index is 12.4. The summed E-state index contributed by atoms with van der Waals surface area (Å²) >= 11 is 7.27. The Labute approximate surface area is 169 Å². The summed E-state index contributed by atoms with van der Waals surface area (Å²) in [5.74, 6) is 1.10. The molecular weight excluding hydrogens is 398 g/mol. The van der Waals surface area contributed by atoms with Crippen molar-refractivity contribution in [2.24, 2.45) is 7.05 Å². The molecule has 0 spiro atoms. The summed E-state index contributed by atoms with van der Waals surface area (Å²) in [7, 11) is 1.68. The molecule has 4 rings (SSSR count). The van der Waals surface area contributed by atoms with Crippen LogP contribution in [0.5, 0.6) is 0 Å². The predicted octanol–water partition coefficient (Wildman–Crippen LogP) is 2.59. The number of aromatic nitrogens is 4. The summed E-state index contributed by atoms with van der Waals surface area (Å²) in [6.07, 6.45) is 1.49. The molecule has 1 aromatic carbocycles. The first kappa shape index (κ1) is 18.6. The number of halogens is 1. The van der Waals surface area contributed by atoms with E-state index in [9.17, 15) is 9.59 Å². The van der Waals surface area contributed by atoms with Gasteiger partial charge in [0.2, 0.25) is 11.7 Å². The van der Waals surface area contributed by atoms with Crippen molar-refractivity contribution in [3.05, 3.63) is 62.5 Å². The molecule has 3 aromatic heterocycles. The number of aryl methyl sites for hydroxylation is 2. The number of fused-ring (bicyclic) bond motifs is 3. The van der Waals surface area contributed by atoms with Gasteiger partial charge in [-0.15, -0.1) is 21.5 Å². The van der Waals surface area contributed by atoms with E-state index in [1.54, 1.807) is 7.05 Å². The molecule has 144 valence electrons. The minimum atomic E-state index is -0.0867. The number of rotatable bonds is 6. The second-order valence-electron chi connectivity index (χ2n) is 6.48. The standard InChI is InChI=1S/C19H18ClN5O2S/c1-24-18(27)17-14(9-11-28-17)25-15(22-23-19(24)25)6-7-16(26)21-10-8-12-2-4-13(20)5-3-12/h2-5,9,11H,6-8,10H2,1H3,(H,21,26). The Hall–Kier alpha value is -2.71. The molecule has 0 unspecified atom stereocenters. The minimum Gasteiger partial charge on any atom is -0.356 e. The largest absolute Gasteiger partial charge is 0.356 e. The number of hydrogen-bond donors (Lipinski definition) is 1. The van der Waals surface area contributed by atoms with Gasteiger partial charge in [-0.25, -0.2) is 0 Å². The van der Waals surface area contributed by atoms with Gasteiger partial charge in [-0.05, 0) is 35.6 Å². The van der Waals surface area contributed by atoms with E-state index >= 15 is 0 Å². The van der Waals surface area contributed by atoms with Crippen LogP contribution in [0.4, 0.5) is 0 Å². The van der Waals surface area contributed by atoms with Crippen molar-refractivity contribution in [1.82, 2.24) is 24.5 Å². The summed E-state index contributed by atoms with van der Waals surface area (Å²) in [5, 5.41) is 13.8. The van der Waals surface area contributed by atoms with E-state index in [0.717, 1.165) is 17.5 Å². The normalized spacial score (nSPS) is 11.4. The number of benzene rings is 1. The summed E-state index contributed by atoms with van der Waals surface area (Å²) in [4.78, 5) is 24.6. The summed E-state index contributed by atoms with van der Waals surface area (Å²) in [6, 6.07) is 9.47. The third-order valence-electron chi connectivity index (χ3n) is 4.62. The zero-order valence-corrected chi connectivity index (χ0v) is 16.8. The molecule has 3 heterocycles. The fraction of sp³-hybridized carbons (Fsp3) is 0.263. The van der Waals surface area contributed by atoms with Gasteiger partial charge >= 0.3 is 0 Å². The number of nitrogens with zero attached hydrogens (tertiary/aromatic N) is 4. The van der Waals surface area contributed by atoms with Gasteiger partial charge in [0.05, 0.1) is 5.52 Å². The van der Waals surface area contributed by atoms with Crippen LogP contribution in [-0.2, 0) is 24.7 Å². The molecule has 0 saturated carbocycles. The first-order chi connectivity index (χ1) is 13.5. The second-order valence-corrected chi connectivity index (χ2v) is 7.83. The lowest BCUT2D eigenvalue weighted by Crippen LogP contribution is -2.26. The Morgan fingerprint density at radius 1 is 1.18 bits per heavy atom. The van der Waals surface area contributed by atoms with Crippen LogP contribution in [0.1, 0.15) is 17.8 Å². The summed E-state index contributed by atoms with van der Waals surface area (Å²) in [5.41, 5.74) is 1.82. The molecule has 9 heteroatoms. The van der Waals surface area contributed by atoms with Crippen molar-refractivity contribution < 1.29 is 4.79 Å². The Morgan fingerprint density at radius 3 is 2.75 bits per heavy atom. The average Bonchev–Trinajstić information content (AvgIpc) is 3.33. The average molecular weight is 416 g/mol. The highest BCUT2D eigenvalue weighted by atomic mass is 35.5. The van der Waals surface area contributed by atoms with Crippen molar-refractivity contribution >= 4 is 44.8 Å². The summed E-state index contributed by atoms with van der Waals surface area (Å²) in [6.45, 7) is 0.560. The molecule has 28 heavy (non-hydrogen) atoms. The maximum Gasteiger partial charge on any atom is 0.272 e. The van der Waals surface area contributed by atoms with E-state index in [1.807, 2.05) is 40.1 Å². The van der Waals surface area contributed by atoms with Gasteiger partial charge in [0.1, 0.15) is 10.5 Å². The molecule has 0 saturated heterocycles. The molecule has 0 bridgehead atoms. The molecule has 1 N–H and O–H groups in total. The highest BCUT2D eigenvalue weighted by Gasteiger charge is 2.16. The van der Waals surface area contributed by atoms with Crippen LogP contribution in [0.2, 0.25) is 5.02 Å². The van der Waals surface area contributed by atoms with Gasteiger partial charge in [-0.2, -0.15) is 0 Å². The Morgan fingerprint density at radius 2 is 1.96 bits per heavy atom. The van der Waals surface area contributed by atoms with Crippen molar-refractivity contribution in [2.75, 3.05) is 6.54 Å². The molecule has 0 aliphatic heterocycles. The van der Waals surface area contributed by atoms with Crippen LogP contribution in [-0.4, -0.2) is 31.6 Å². The summed E-state index contributed by atoms with van der Waals surface area (Å²) < 4.78 is 4.00. The lowest BCUT2D eigenvalue weighted by Gasteiger charge is -2.06. The fourth-order valence-corrected chi connectivity index (χ4v) is 4.10. The molecule has 0 aliphatic rings. The van der Waals surface area contributed by atoms with Crippen molar-refractivity contribution in [2.45, 2.75) is 19.3 Å². The number of carbonyl (C=O) groups is 1. The van der Waals surface area contributed by atoms with Crippen LogP contribution in [0, 0.1) is 0 Å². The topological polar surface area (TPSA) is 81.3 Å². The smallest absolute Gasteiger partial charge is 0.272 e. The van der Waals surface area contributed by atoms with Gasteiger partial charge < -0.3 is 5.32 Å². The number of carbonyl (C=O) groups excluding carboxylic acids is 1. The maximum absolute atomic E-state index is 12.4. The second kappa shape index (κ2) is 7.73. The van der Waals surface area contributed by atoms with Gasteiger partial charge in [0.25, 0.3) is 5.56 Å². The first-order valence-electron chi connectivity index (χ1n) is 8.86. The van der Waals surface area contributed by atoms with Gasteiger partial charge in [0, 0.05) is 31.5 Å². The Balaban J connectivity index is 1.42. The Bertz CT molecular complexity index is 1210. The van der Waals surface area contributed by atoms with Gasteiger partial charge in [-0.3, -0.25) is 18.6 Å². The molecule has 0 fully saturated rings. The lowest BCUT2D eigenvalue weighted by molar-refractivity contribution is -0.121. The number of thiophene rings is 1. The van der Waals surface area contributed by atoms with Crippen molar-refractivity contribution in [3.63, 3.8) is 0 Å². The van der Waals surface area contributed by atoms with Crippen molar-refractivity contribution in [3.8, 4) is 0 Å². The third-order valence-corrected chi connectivity index (χ3v) is 5.77. The number of hydrogen-bond acceptors (Lipinski definition) is 5. The van der Waals surface area contributed by atoms with E-state index in [2.05, 4.69) is 15.5 Å². The quantitative estimate of drug-likeness (QED) is 0.524. The monoisotopic (exact) mass is 415 g/mol. The molecule has 1 amide bonds. The van der Waals surface area contributed by atoms with Gasteiger partial charge in [0.15, 0.2) is 0 Å². The highest BCUT2D eigenvalue weighted by Crippen LogP contribution is 2.19. The molecule has 0 radical (unpaired) electrons. The van der Waals surface area contributed by atoms with E-state index < -0.39 is 0 Å². The van der Waals surface area contributed by atoms with Crippen LogP contribution in [0.25, 0.3) is 16.0 Å². The molecule has 0 atom stereocenters. The van der Waals surface area contributed by atoms with E-state index in [0.29, 0.717) is 40.7 Å². The highest BCUT2D eigenvalue weighted by molar-refractivity contribution is 7.17. The van der Waals surface area contributed by atoms with E-state index in [-0.39, 0.29) is 11.5 Å². The number of nitrogens with one attached hydrogen (secondary N) is 1. The van der Waals surface area contributed by atoms with Crippen LogP contribution in [0.15, 0.2) is 40.5 Å². The molecular formula is C19H18ClN5O2S. The zero-order chi connectivity index (χ0) is 19.7. The predicted molar refractivity (Wildman–Crippen MR) is 110 cm³/mol. The van der Waals surface area contributed by atoms with Gasteiger partial charge in [-0.1, -0.05) is 23.7 Å². The minimum absolute atomic E-state index is 0.0444. The zero-order valence-electron chi connectivity index (χ0n) is 15.2. The Kier molecular flexibility index (Phi) is 5.15. The van der Waals surface area contributed by atoms with Crippen LogP contribution in [0.3, 0.4) is 0 Å². The van der Waals surface area contributed by atoms with E-state index in [4.69, 9.17) is 11.6 Å². The molecule has 0 aliphatic carbocycles. The van der Waals surface area contributed by atoms with Crippen LogP contribution < -0.4 is 10.9 Å². The van der Waals surface area contributed by atoms with E-state index in [1.165, 1.54) is 15.9 Å². The molecule has 4 aromatic rings. The van der Waals surface area contributed by atoms with Crippen LogP contribution >= 0.6 is 22.9 Å². The molecule has 7 nitrogen and oxygen atoms in total. The number of amides is 1. The fourth-order valence-electron chi connectivity index (χ4n) is 3.13. The lowest BCUT2D eigenvalue weighted by atomic mass is 10.1. The SMILES string of the molecule is Cn1c(=O)c2sccc2n2c(CCC(=O)NCCc3ccc(Cl)cc3)nnc12. The third kappa shape index (κ3) is 3.53.